The van der Waals surface area contributed by atoms with Crippen molar-refractivity contribution in [2.24, 2.45) is 5.41 Å². The second kappa shape index (κ2) is 5.89. The Labute approximate surface area is 112 Å². The van der Waals surface area contributed by atoms with Gasteiger partial charge in [0.1, 0.15) is 0 Å². The first-order valence-electron chi connectivity index (χ1n) is 7.51. The maximum absolute atomic E-state index is 5.86. The van der Waals surface area contributed by atoms with Crippen LogP contribution >= 0.6 is 0 Å². The Hall–Kier alpha value is -0.120. The first-order valence-corrected chi connectivity index (χ1v) is 7.51. The Morgan fingerprint density at radius 2 is 2.06 bits per heavy atom. The number of ether oxygens (including phenoxy) is 1. The zero-order valence-corrected chi connectivity index (χ0v) is 12.6. The molecule has 1 saturated heterocycles. The van der Waals surface area contributed by atoms with E-state index >= 15 is 0 Å². The third-order valence-electron chi connectivity index (χ3n) is 4.29. The van der Waals surface area contributed by atoms with Crippen LogP contribution in [-0.4, -0.2) is 62.3 Å². The lowest BCUT2D eigenvalue weighted by Crippen LogP contribution is -2.41. The van der Waals surface area contributed by atoms with Crippen LogP contribution in [0.25, 0.3) is 0 Å². The van der Waals surface area contributed by atoms with E-state index < -0.39 is 0 Å². The van der Waals surface area contributed by atoms with Gasteiger partial charge in [0.25, 0.3) is 0 Å². The molecule has 0 radical (unpaired) electrons. The lowest BCUT2D eigenvalue weighted by molar-refractivity contribution is 0.0282. The van der Waals surface area contributed by atoms with Crippen LogP contribution in [0.3, 0.4) is 0 Å². The molecule has 1 atom stereocenters. The minimum Gasteiger partial charge on any atom is -0.378 e. The van der Waals surface area contributed by atoms with E-state index in [9.17, 15) is 0 Å². The van der Waals surface area contributed by atoms with Crippen molar-refractivity contribution in [1.82, 2.24) is 9.80 Å². The highest BCUT2D eigenvalue weighted by Crippen LogP contribution is 2.47. The molecule has 1 aliphatic carbocycles. The molecule has 3 nitrogen and oxygen atoms in total. The lowest BCUT2D eigenvalue weighted by atomic mass is 10.1. The zero-order valence-electron chi connectivity index (χ0n) is 12.6. The van der Waals surface area contributed by atoms with Gasteiger partial charge in [0.2, 0.25) is 0 Å². The summed E-state index contributed by atoms with van der Waals surface area (Å²) < 4.78 is 5.86. The van der Waals surface area contributed by atoms with Crippen LogP contribution in [0.4, 0.5) is 0 Å². The fourth-order valence-corrected chi connectivity index (χ4v) is 3.03. The van der Waals surface area contributed by atoms with Gasteiger partial charge in [0, 0.05) is 24.5 Å². The molecule has 0 aromatic carbocycles. The third kappa shape index (κ3) is 3.94. The average molecular weight is 254 g/mol. The molecule has 0 aromatic rings. The van der Waals surface area contributed by atoms with E-state index in [1.54, 1.807) is 0 Å². The fourth-order valence-electron chi connectivity index (χ4n) is 3.03. The van der Waals surface area contributed by atoms with Gasteiger partial charge < -0.3 is 9.64 Å². The van der Waals surface area contributed by atoms with Crippen molar-refractivity contribution < 1.29 is 4.74 Å². The third-order valence-corrected chi connectivity index (χ3v) is 4.29. The Kier molecular flexibility index (Phi) is 4.68. The molecule has 0 spiro atoms. The standard InChI is InChI=1S/C15H30N2O/c1-13(2)18-12-15(7-8-15)11-17-9-5-6-14(17)10-16(3)4/h13-14H,5-12H2,1-4H3/t14-/m0/s1. The topological polar surface area (TPSA) is 15.7 Å². The monoisotopic (exact) mass is 254 g/mol. The van der Waals surface area contributed by atoms with Gasteiger partial charge in [0.05, 0.1) is 12.7 Å². The van der Waals surface area contributed by atoms with E-state index in [0.29, 0.717) is 11.5 Å². The highest BCUT2D eigenvalue weighted by molar-refractivity contribution is 4.98. The van der Waals surface area contributed by atoms with Crippen molar-refractivity contribution in [3.63, 3.8) is 0 Å². The summed E-state index contributed by atoms with van der Waals surface area (Å²) in [5, 5.41) is 0. The van der Waals surface area contributed by atoms with E-state index in [0.717, 1.165) is 12.6 Å². The second-order valence-electron chi connectivity index (χ2n) is 6.89. The molecular formula is C15H30N2O. The highest BCUT2D eigenvalue weighted by Gasteiger charge is 2.45. The van der Waals surface area contributed by atoms with Gasteiger partial charge in [0.15, 0.2) is 0 Å². The Morgan fingerprint density at radius 3 is 2.61 bits per heavy atom. The number of likely N-dealkylation sites (N-methyl/N-ethyl adjacent to an activating group) is 1. The van der Waals surface area contributed by atoms with Crippen molar-refractivity contribution in [3.8, 4) is 0 Å². The molecule has 2 fully saturated rings. The maximum Gasteiger partial charge on any atom is 0.0538 e. The normalized spacial score (nSPS) is 27.3. The summed E-state index contributed by atoms with van der Waals surface area (Å²) in [6, 6.07) is 0.775. The SMILES string of the molecule is CC(C)OCC1(CN2CCC[C@H]2CN(C)C)CC1. The van der Waals surface area contributed by atoms with Crippen LogP contribution in [0.15, 0.2) is 0 Å². The number of hydrogen-bond donors (Lipinski definition) is 0. The molecule has 1 heterocycles. The Balaban J connectivity index is 1.81. The van der Waals surface area contributed by atoms with Crippen LogP contribution in [0, 0.1) is 5.41 Å². The van der Waals surface area contributed by atoms with E-state index in [4.69, 9.17) is 4.74 Å². The highest BCUT2D eigenvalue weighted by atomic mass is 16.5. The smallest absolute Gasteiger partial charge is 0.0538 e. The summed E-state index contributed by atoms with van der Waals surface area (Å²) in [6.45, 7) is 9.01. The molecule has 106 valence electrons. The predicted molar refractivity (Wildman–Crippen MR) is 75.9 cm³/mol. The molecule has 0 N–H and O–H groups in total. The first kappa shape index (κ1) is 14.3. The summed E-state index contributed by atoms with van der Waals surface area (Å²) in [5.74, 6) is 0. The summed E-state index contributed by atoms with van der Waals surface area (Å²) in [4.78, 5) is 5.05. The van der Waals surface area contributed by atoms with Crippen molar-refractivity contribution >= 4 is 0 Å². The lowest BCUT2D eigenvalue weighted by Gasteiger charge is -2.31. The zero-order chi connectivity index (χ0) is 13.2. The first-order chi connectivity index (χ1) is 8.51. The van der Waals surface area contributed by atoms with Gasteiger partial charge in [-0.1, -0.05) is 0 Å². The van der Waals surface area contributed by atoms with Gasteiger partial charge in [-0.2, -0.15) is 0 Å². The van der Waals surface area contributed by atoms with E-state index in [2.05, 4.69) is 37.7 Å². The van der Waals surface area contributed by atoms with Crippen LogP contribution in [0.1, 0.15) is 39.5 Å². The van der Waals surface area contributed by atoms with Crippen LogP contribution < -0.4 is 0 Å². The molecule has 2 rings (SSSR count). The summed E-state index contributed by atoms with van der Waals surface area (Å²) in [7, 11) is 4.37. The Bertz CT molecular complexity index is 261. The van der Waals surface area contributed by atoms with E-state index in [-0.39, 0.29) is 0 Å². The second-order valence-corrected chi connectivity index (χ2v) is 6.89. The van der Waals surface area contributed by atoms with E-state index in [1.807, 2.05) is 0 Å². The van der Waals surface area contributed by atoms with Gasteiger partial charge >= 0.3 is 0 Å². The molecule has 0 amide bonds. The number of hydrogen-bond acceptors (Lipinski definition) is 3. The molecule has 0 aromatic heterocycles. The molecule has 18 heavy (non-hydrogen) atoms. The van der Waals surface area contributed by atoms with Crippen molar-refractivity contribution in [2.45, 2.75) is 51.7 Å². The van der Waals surface area contributed by atoms with Crippen LogP contribution in [0.5, 0.6) is 0 Å². The molecular weight excluding hydrogens is 224 g/mol. The summed E-state index contributed by atoms with van der Waals surface area (Å²) in [5.41, 5.74) is 0.499. The molecule has 2 aliphatic rings. The minimum absolute atomic E-state index is 0.374. The molecule has 1 aliphatic heterocycles. The van der Waals surface area contributed by atoms with E-state index in [1.165, 1.54) is 45.3 Å². The van der Waals surface area contributed by atoms with Gasteiger partial charge in [-0.05, 0) is 60.2 Å². The largest absolute Gasteiger partial charge is 0.378 e. The Morgan fingerprint density at radius 1 is 1.33 bits per heavy atom. The molecule has 3 heteroatoms. The summed E-state index contributed by atoms with van der Waals surface area (Å²) >= 11 is 0. The molecule has 0 bridgehead atoms. The molecule has 0 unspecified atom stereocenters. The number of likely N-dealkylation sites (tertiary alicyclic amines) is 1. The van der Waals surface area contributed by atoms with Gasteiger partial charge in [-0.3, -0.25) is 4.90 Å². The van der Waals surface area contributed by atoms with Crippen molar-refractivity contribution in [1.29, 1.82) is 0 Å². The average Bonchev–Trinajstić information content (AvgIpc) is 2.92. The van der Waals surface area contributed by atoms with Gasteiger partial charge in [-0.25, -0.2) is 0 Å². The molecule has 1 saturated carbocycles. The predicted octanol–water partition coefficient (Wildman–Crippen LogP) is 2.22. The maximum atomic E-state index is 5.86. The number of nitrogens with zero attached hydrogens (tertiary/aromatic N) is 2. The van der Waals surface area contributed by atoms with Crippen molar-refractivity contribution in [3.05, 3.63) is 0 Å². The van der Waals surface area contributed by atoms with Crippen molar-refractivity contribution in [2.75, 3.05) is 40.3 Å². The quantitative estimate of drug-likeness (QED) is 0.693. The van der Waals surface area contributed by atoms with Gasteiger partial charge in [-0.15, -0.1) is 0 Å². The fraction of sp³-hybridized carbons (Fsp3) is 1.00. The number of rotatable bonds is 7. The summed E-state index contributed by atoms with van der Waals surface area (Å²) in [6.07, 6.45) is 5.85. The van der Waals surface area contributed by atoms with Crippen LogP contribution in [-0.2, 0) is 4.74 Å². The minimum atomic E-state index is 0.374. The van der Waals surface area contributed by atoms with Crippen LogP contribution in [0.2, 0.25) is 0 Å².